The molecule has 0 atom stereocenters. The van der Waals surface area contributed by atoms with Gasteiger partial charge in [0.2, 0.25) is 5.43 Å². The molecule has 1 heterocycles. The van der Waals surface area contributed by atoms with E-state index in [0.717, 1.165) is 12.1 Å². The molecule has 2 rings (SSSR count). The molecule has 1 aromatic heterocycles. The summed E-state index contributed by atoms with van der Waals surface area (Å²) in [4.78, 5) is 22.9. The zero-order chi connectivity index (χ0) is 19.3. The molecule has 0 aliphatic heterocycles. The van der Waals surface area contributed by atoms with Crippen molar-refractivity contribution < 1.29 is 27.8 Å². The fraction of sp³-hybridized carbons (Fsp3) is 0.294. The average Bonchev–Trinajstić information content (AvgIpc) is 2.59. The summed E-state index contributed by atoms with van der Waals surface area (Å²) < 4.78 is 43.9. The number of aromatic hydroxyl groups is 1. The zero-order valence-electron chi connectivity index (χ0n) is 13.8. The first kappa shape index (κ1) is 19.4. The van der Waals surface area contributed by atoms with E-state index in [0.29, 0.717) is 17.8 Å². The largest absolute Gasteiger partial charge is 0.503 e. The Morgan fingerprint density at radius 3 is 2.50 bits per heavy atom. The number of benzene rings is 1. The molecule has 0 aliphatic rings. The van der Waals surface area contributed by atoms with Crippen LogP contribution in [0, 0.1) is 6.92 Å². The molecular formula is C17H17F3N2O4. The number of hydrogen-bond donors (Lipinski definition) is 2. The van der Waals surface area contributed by atoms with Gasteiger partial charge in [0.25, 0.3) is 0 Å². The van der Waals surface area contributed by atoms with Crippen molar-refractivity contribution >= 4 is 6.09 Å². The molecule has 0 saturated carbocycles. The van der Waals surface area contributed by atoms with Crippen molar-refractivity contribution in [3.63, 3.8) is 0 Å². The maximum Gasteiger partial charge on any atom is 0.416 e. The van der Waals surface area contributed by atoms with Crippen molar-refractivity contribution in [2.24, 2.45) is 0 Å². The molecule has 1 amide bonds. The van der Waals surface area contributed by atoms with Crippen LogP contribution in [0.5, 0.6) is 5.75 Å². The Hall–Kier alpha value is -2.97. The Labute approximate surface area is 146 Å². The van der Waals surface area contributed by atoms with Gasteiger partial charge in [-0.3, -0.25) is 4.79 Å². The van der Waals surface area contributed by atoms with Gasteiger partial charge < -0.3 is 19.7 Å². The molecule has 26 heavy (non-hydrogen) atoms. The number of amides is 1. The van der Waals surface area contributed by atoms with Gasteiger partial charge >= 0.3 is 12.3 Å². The summed E-state index contributed by atoms with van der Waals surface area (Å²) in [7, 11) is 0. The number of halogens is 3. The van der Waals surface area contributed by atoms with E-state index in [4.69, 9.17) is 4.74 Å². The van der Waals surface area contributed by atoms with Crippen molar-refractivity contribution in [1.82, 2.24) is 9.88 Å². The fourth-order valence-electron chi connectivity index (χ4n) is 2.17. The number of alkyl halides is 3. The molecule has 1 aromatic carbocycles. The first-order valence-electron chi connectivity index (χ1n) is 7.64. The van der Waals surface area contributed by atoms with Gasteiger partial charge in [-0.05, 0) is 24.6 Å². The number of rotatable bonds is 5. The van der Waals surface area contributed by atoms with Gasteiger partial charge in [-0.1, -0.05) is 12.1 Å². The van der Waals surface area contributed by atoms with E-state index in [-0.39, 0.29) is 18.9 Å². The molecular weight excluding hydrogens is 353 g/mol. The van der Waals surface area contributed by atoms with Gasteiger partial charge in [-0.15, -0.1) is 0 Å². The number of carbonyl (C=O) groups excluding carboxylic acids is 1. The second kappa shape index (κ2) is 7.94. The lowest BCUT2D eigenvalue weighted by Crippen LogP contribution is -2.28. The molecule has 0 unspecified atom stereocenters. The van der Waals surface area contributed by atoms with Crippen LogP contribution in [0.3, 0.4) is 0 Å². The molecule has 0 radical (unpaired) electrons. The average molecular weight is 370 g/mol. The monoisotopic (exact) mass is 370 g/mol. The standard InChI is InChI=1S/C17H17F3N2O4/c1-11-15(24)14(23)6-8-22(11)9-7-21-16(25)26-10-12-2-4-13(5-3-12)17(18,19)20/h2-6,8,24H,7,9-10H2,1H3,(H,21,25). The fourth-order valence-corrected chi connectivity index (χ4v) is 2.17. The Kier molecular flexibility index (Phi) is 5.91. The van der Waals surface area contributed by atoms with E-state index in [9.17, 15) is 27.9 Å². The number of hydrogen-bond acceptors (Lipinski definition) is 4. The smallest absolute Gasteiger partial charge is 0.416 e. The Balaban J connectivity index is 1.79. The summed E-state index contributed by atoms with van der Waals surface area (Å²) in [5.74, 6) is -0.350. The SMILES string of the molecule is Cc1c(O)c(=O)ccn1CCNC(=O)OCc1ccc(C(F)(F)F)cc1. The molecule has 2 N–H and O–H groups in total. The molecule has 0 aliphatic carbocycles. The highest BCUT2D eigenvalue weighted by molar-refractivity contribution is 5.67. The predicted molar refractivity (Wildman–Crippen MR) is 86.7 cm³/mol. The maximum absolute atomic E-state index is 12.5. The number of nitrogens with zero attached hydrogens (tertiary/aromatic N) is 1. The van der Waals surface area contributed by atoms with Gasteiger partial charge in [-0.2, -0.15) is 13.2 Å². The Bertz CT molecular complexity index is 829. The molecule has 0 spiro atoms. The number of carbonyl (C=O) groups is 1. The van der Waals surface area contributed by atoms with Crippen molar-refractivity contribution in [3.05, 3.63) is 63.6 Å². The third kappa shape index (κ3) is 5.01. The van der Waals surface area contributed by atoms with Gasteiger partial charge in [0, 0.05) is 25.4 Å². The highest BCUT2D eigenvalue weighted by Crippen LogP contribution is 2.29. The number of nitrogens with one attached hydrogen (secondary N) is 1. The van der Waals surface area contributed by atoms with Gasteiger partial charge in [-0.25, -0.2) is 4.79 Å². The summed E-state index contributed by atoms with van der Waals surface area (Å²) in [6.45, 7) is 1.88. The summed E-state index contributed by atoms with van der Waals surface area (Å²) in [6.07, 6.45) is -3.65. The molecule has 0 fully saturated rings. The van der Waals surface area contributed by atoms with Crippen LogP contribution in [0.15, 0.2) is 41.3 Å². The van der Waals surface area contributed by atoms with Crippen LogP contribution >= 0.6 is 0 Å². The van der Waals surface area contributed by atoms with Crippen molar-refractivity contribution in [2.75, 3.05) is 6.54 Å². The van der Waals surface area contributed by atoms with Crippen LogP contribution in [0.1, 0.15) is 16.8 Å². The van der Waals surface area contributed by atoms with Crippen LogP contribution < -0.4 is 10.7 Å². The van der Waals surface area contributed by atoms with Crippen molar-refractivity contribution in [3.8, 4) is 5.75 Å². The third-order valence-electron chi connectivity index (χ3n) is 3.69. The lowest BCUT2D eigenvalue weighted by atomic mass is 10.1. The van der Waals surface area contributed by atoms with E-state index in [1.807, 2.05) is 0 Å². The minimum atomic E-state index is -4.41. The van der Waals surface area contributed by atoms with Crippen LogP contribution in [0.2, 0.25) is 0 Å². The Morgan fingerprint density at radius 2 is 1.88 bits per heavy atom. The second-order valence-corrected chi connectivity index (χ2v) is 5.50. The first-order valence-corrected chi connectivity index (χ1v) is 7.64. The van der Waals surface area contributed by atoms with Crippen LogP contribution in [0.4, 0.5) is 18.0 Å². The summed E-state index contributed by atoms with van der Waals surface area (Å²) in [5.41, 5.74) is -0.458. The van der Waals surface area contributed by atoms with Gasteiger partial charge in [0.15, 0.2) is 5.75 Å². The lowest BCUT2D eigenvalue weighted by molar-refractivity contribution is -0.137. The van der Waals surface area contributed by atoms with E-state index >= 15 is 0 Å². The minimum absolute atomic E-state index is 0.165. The topological polar surface area (TPSA) is 80.6 Å². The van der Waals surface area contributed by atoms with Crippen LogP contribution in [-0.2, 0) is 24.1 Å². The van der Waals surface area contributed by atoms with Crippen LogP contribution in [0.25, 0.3) is 0 Å². The number of pyridine rings is 1. The van der Waals surface area contributed by atoms with E-state index < -0.39 is 23.3 Å². The van der Waals surface area contributed by atoms with Gasteiger partial charge in [0.1, 0.15) is 6.61 Å². The second-order valence-electron chi connectivity index (χ2n) is 5.50. The highest BCUT2D eigenvalue weighted by atomic mass is 19.4. The van der Waals surface area contributed by atoms with Gasteiger partial charge in [0.05, 0.1) is 11.3 Å². The lowest BCUT2D eigenvalue weighted by Gasteiger charge is -2.12. The molecule has 0 saturated heterocycles. The maximum atomic E-state index is 12.5. The van der Waals surface area contributed by atoms with Crippen molar-refractivity contribution in [2.45, 2.75) is 26.3 Å². The van der Waals surface area contributed by atoms with E-state index in [1.165, 1.54) is 24.4 Å². The predicted octanol–water partition coefficient (Wildman–Crippen LogP) is 2.81. The number of aromatic nitrogens is 1. The Morgan fingerprint density at radius 1 is 1.23 bits per heavy atom. The highest BCUT2D eigenvalue weighted by Gasteiger charge is 2.29. The zero-order valence-corrected chi connectivity index (χ0v) is 13.8. The molecule has 0 bridgehead atoms. The number of alkyl carbamates (subject to hydrolysis) is 1. The quantitative estimate of drug-likeness (QED) is 0.848. The molecule has 140 valence electrons. The van der Waals surface area contributed by atoms with E-state index in [1.54, 1.807) is 11.5 Å². The van der Waals surface area contributed by atoms with Crippen LogP contribution in [-0.4, -0.2) is 22.3 Å². The summed E-state index contributed by atoms with van der Waals surface area (Å²) in [6, 6.07) is 5.53. The molecule has 2 aromatic rings. The van der Waals surface area contributed by atoms with Crippen molar-refractivity contribution in [1.29, 1.82) is 0 Å². The number of ether oxygens (including phenoxy) is 1. The minimum Gasteiger partial charge on any atom is -0.503 e. The summed E-state index contributed by atoms with van der Waals surface area (Å²) >= 11 is 0. The third-order valence-corrected chi connectivity index (χ3v) is 3.69. The summed E-state index contributed by atoms with van der Waals surface area (Å²) in [5, 5.41) is 12.0. The molecule has 9 heteroatoms. The molecule has 6 nitrogen and oxygen atoms in total. The first-order chi connectivity index (χ1) is 12.2. The van der Waals surface area contributed by atoms with E-state index in [2.05, 4.69) is 5.32 Å². The normalized spacial score (nSPS) is 11.2.